The Labute approximate surface area is 212 Å². The molecule has 11 nitrogen and oxygen atoms in total. The Hall–Kier alpha value is -4.12. The average Bonchev–Trinajstić information content (AvgIpc) is 2.82. The Balaban J connectivity index is 2.06. The van der Waals surface area contributed by atoms with Crippen LogP contribution < -0.4 is 16.4 Å². The van der Waals surface area contributed by atoms with Crippen LogP contribution >= 0.6 is 11.6 Å². The summed E-state index contributed by atoms with van der Waals surface area (Å²) >= 11 is 5.86. The van der Waals surface area contributed by atoms with Crippen LogP contribution in [0.5, 0.6) is 0 Å². The lowest BCUT2D eigenvalue weighted by Gasteiger charge is -2.17. The van der Waals surface area contributed by atoms with Crippen LogP contribution in [-0.2, 0) is 23.8 Å². The summed E-state index contributed by atoms with van der Waals surface area (Å²) in [4.78, 5) is 60.3. The van der Waals surface area contributed by atoms with E-state index < -0.39 is 42.5 Å². The Morgan fingerprint density at radius 3 is 1.94 bits per heavy atom. The van der Waals surface area contributed by atoms with Gasteiger partial charge in [0, 0.05) is 10.7 Å². The van der Waals surface area contributed by atoms with E-state index in [1.165, 1.54) is 18.2 Å². The predicted octanol–water partition coefficient (Wildman–Crippen LogP) is 2.97. The van der Waals surface area contributed by atoms with Crippen molar-refractivity contribution >= 4 is 47.1 Å². The van der Waals surface area contributed by atoms with Gasteiger partial charge in [0.15, 0.2) is 6.61 Å². The number of halogens is 1. The molecule has 0 aliphatic heterocycles. The number of hydrogen-bond donors (Lipinski definition) is 3. The van der Waals surface area contributed by atoms with Gasteiger partial charge in [-0.15, -0.1) is 0 Å². The largest absolute Gasteiger partial charge is 0.462 e. The van der Waals surface area contributed by atoms with Gasteiger partial charge in [0.05, 0.1) is 36.8 Å². The number of rotatable bonds is 11. The SMILES string of the molecule is CCOC(=O)c1cc(NC(=O)COC(=O)C[C@@H](NC(N)=O)c2ccc(Cl)cc2)cc(C(=O)OCC)c1. The summed E-state index contributed by atoms with van der Waals surface area (Å²) in [5.41, 5.74) is 5.90. The molecule has 0 heterocycles. The van der Waals surface area contributed by atoms with Gasteiger partial charge in [-0.1, -0.05) is 23.7 Å². The van der Waals surface area contributed by atoms with Crippen molar-refractivity contribution < 1.29 is 38.2 Å². The van der Waals surface area contributed by atoms with Gasteiger partial charge in [-0.05, 0) is 49.7 Å². The van der Waals surface area contributed by atoms with Crippen molar-refractivity contribution in [2.45, 2.75) is 26.3 Å². The maximum Gasteiger partial charge on any atom is 0.338 e. The predicted molar refractivity (Wildman–Crippen MR) is 129 cm³/mol. The van der Waals surface area contributed by atoms with E-state index in [1.807, 2.05) is 0 Å². The number of carbonyl (C=O) groups excluding carboxylic acids is 5. The molecule has 36 heavy (non-hydrogen) atoms. The third-order valence-electron chi connectivity index (χ3n) is 4.56. The van der Waals surface area contributed by atoms with E-state index in [4.69, 9.17) is 31.5 Å². The summed E-state index contributed by atoms with van der Waals surface area (Å²) in [5, 5.41) is 5.36. The Morgan fingerprint density at radius 2 is 1.44 bits per heavy atom. The van der Waals surface area contributed by atoms with Crippen molar-refractivity contribution in [2.24, 2.45) is 5.73 Å². The number of carbonyl (C=O) groups is 5. The van der Waals surface area contributed by atoms with Crippen LogP contribution in [-0.4, -0.2) is 49.7 Å². The second-order valence-electron chi connectivity index (χ2n) is 7.27. The number of ether oxygens (including phenoxy) is 3. The number of amides is 3. The van der Waals surface area contributed by atoms with Crippen molar-refractivity contribution in [1.29, 1.82) is 0 Å². The fourth-order valence-electron chi connectivity index (χ4n) is 3.05. The minimum absolute atomic E-state index is 0.0260. The van der Waals surface area contributed by atoms with Gasteiger partial charge in [-0.25, -0.2) is 14.4 Å². The highest BCUT2D eigenvalue weighted by molar-refractivity contribution is 6.30. The molecule has 0 spiro atoms. The van der Waals surface area contributed by atoms with Gasteiger partial charge in [-0.3, -0.25) is 9.59 Å². The van der Waals surface area contributed by atoms with Crippen LogP contribution in [0.25, 0.3) is 0 Å². The number of primary amides is 1. The first-order chi connectivity index (χ1) is 17.1. The molecule has 0 saturated carbocycles. The van der Waals surface area contributed by atoms with Crippen molar-refractivity contribution in [3.8, 4) is 0 Å². The Kier molecular flexibility index (Phi) is 10.7. The van der Waals surface area contributed by atoms with Crippen LogP contribution in [0.4, 0.5) is 10.5 Å². The van der Waals surface area contributed by atoms with E-state index in [2.05, 4.69) is 10.6 Å². The normalized spacial score (nSPS) is 11.1. The molecule has 0 unspecified atom stereocenters. The van der Waals surface area contributed by atoms with Gasteiger partial charge < -0.3 is 30.6 Å². The lowest BCUT2D eigenvalue weighted by molar-refractivity contribution is -0.147. The molecule has 2 aromatic carbocycles. The molecular weight excluding hydrogens is 494 g/mol. The van der Waals surface area contributed by atoms with Gasteiger partial charge in [0.25, 0.3) is 5.91 Å². The molecule has 0 fully saturated rings. The molecule has 0 aromatic heterocycles. The number of hydrogen-bond acceptors (Lipinski definition) is 8. The van der Waals surface area contributed by atoms with Crippen LogP contribution in [0.15, 0.2) is 42.5 Å². The minimum Gasteiger partial charge on any atom is -0.462 e. The fraction of sp³-hybridized carbons (Fsp3) is 0.292. The van der Waals surface area contributed by atoms with Crippen molar-refractivity contribution in [3.05, 3.63) is 64.2 Å². The molecular formula is C24H26ClN3O8. The number of benzene rings is 2. The van der Waals surface area contributed by atoms with Crippen molar-refractivity contribution in [2.75, 3.05) is 25.1 Å². The second-order valence-corrected chi connectivity index (χ2v) is 7.70. The fourth-order valence-corrected chi connectivity index (χ4v) is 3.18. The first-order valence-electron chi connectivity index (χ1n) is 10.9. The minimum atomic E-state index is -0.848. The van der Waals surface area contributed by atoms with Crippen LogP contribution in [0.1, 0.15) is 52.6 Å². The molecule has 0 saturated heterocycles. The molecule has 3 amide bonds. The molecule has 1 atom stereocenters. The molecule has 2 rings (SSSR count). The third-order valence-corrected chi connectivity index (χ3v) is 4.81. The van der Waals surface area contributed by atoms with Crippen LogP contribution in [0.3, 0.4) is 0 Å². The first-order valence-corrected chi connectivity index (χ1v) is 11.3. The van der Waals surface area contributed by atoms with Gasteiger partial charge in [0.1, 0.15) is 0 Å². The molecule has 192 valence electrons. The molecule has 0 aliphatic carbocycles. The molecule has 2 aromatic rings. The Morgan fingerprint density at radius 1 is 0.889 bits per heavy atom. The van der Waals surface area contributed by atoms with E-state index in [0.29, 0.717) is 10.6 Å². The van der Waals surface area contributed by atoms with E-state index in [0.717, 1.165) is 0 Å². The van der Waals surface area contributed by atoms with Crippen LogP contribution in [0, 0.1) is 0 Å². The number of anilines is 1. The summed E-state index contributed by atoms with van der Waals surface area (Å²) < 4.78 is 14.9. The summed E-state index contributed by atoms with van der Waals surface area (Å²) in [6, 6.07) is 8.65. The van der Waals surface area contributed by atoms with Crippen molar-refractivity contribution in [1.82, 2.24) is 5.32 Å². The number of urea groups is 1. The van der Waals surface area contributed by atoms with Crippen LogP contribution in [0.2, 0.25) is 5.02 Å². The topological polar surface area (TPSA) is 163 Å². The molecule has 12 heteroatoms. The molecule has 0 aliphatic rings. The highest BCUT2D eigenvalue weighted by atomic mass is 35.5. The maximum atomic E-state index is 12.4. The quantitative estimate of drug-likeness (QED) is 0.301. The molecule has 0 bridgehead atoms. The average molecular weight is 520 g/mol. The zero-order valence-corrected chi connectivity index (χ0v) is 20.4. The zero-order chi connectivity index (χ0) is 26.7. The number of nitrogens with one attached hydrogen (secondary N) is 2. The van der Waals surface area contributed by atoms with E-state index in [-0.39, 0.29) is 36.4 Å². The maximum absolute atomic E-state index is 12.4. The zero-order valence-electron chi connectivity index (χ0n) is 19.7. The highest BCUT2D eigenvalue weighted by Gasteiger charge is 2.20. The summed E-state index contributed by atoms with van der Waals surface area (Å²) in [5.74, 6) is -2.90. The van der Waals surface area contributed by atoms with Gasteiger partial charge >= 0.3 is 23.9 Å². The van der Waals surface area contributed by atoms with E-state index >= 15 is 0 Å². The number of esters is 3. The smallest absolute Gasteiger partial charge is 0.338 e. The lowest BCUT2D eigenvalue weighted by atomic mass is 10.0. The Bertz CT molecular complexity index is 1080. The van der Waals surface area contributed by atoms with Gasteiger partial charge in [-0.2, -0.15) is 0 Å². The molecule has 0 radical (unpaired) electrons. The lowest BCUT2D eigenvalue weighted by Crippen LogP contribution is -2.35. The highest BCUT2D eigenvalue weighted by Crippen LogP contribution is 2.20. The summed E-state index contributed by atoms with van der Waals surface area (Å²) in [7, 11) is 0. The van der Waals surface area contributed by atoms with E-state index in [1.54, 1.807) is 38.1 Å². The number of nitrogens with two attached hydrogens (primary N) is 1. The monoisotopic (exact) mass is 519 g/mol. The van der Waals surface area contributed by atoms with E-state index in [9.17, 15) is 24.0 Å². The first kappa shape index (κ1) is 28.1. The summed E-state index contributed by atoms with van der Waals surface area (Å²) in [6.07, 6.45) is -0.302. The third kappa shape index (κ3) is 8.91. The second kappa shape index (κ2) is 13.7. The standard InChI is InChI=1S/C24H26ClN3O8/c1-3-34-22(31)15-9-16(23(32)35-4-2)11-18(10-15)27-20(29)13-36-21(30)12-19(28-24(26)33)14-5-7-17(25)8-6-14/h5-11,19H,3-4,12-13H2,1-2H3,(H,27,29)(H3,26,28,33)/t19-/m1/s1. The molecule has 4 N–H and O–H groups in total. The summed E-state index contributed by atoms with van der Waals surface area (Å²) in [6.45, 7) is 2.81. The van der Waals surface area contributed by atoms with Gasteiger partial charge in [0.2, 0.25) is 0 Å². The van der Waals surface area contributed by atoms with Crippen molar-refractivity contribution in [3.63, 3.8) is 0 Å².